The van der Waals surface area contributed by atoms with Crippen molar-refractivity contribution in [2.75, 3.05) is 7.11 Å². The van der Waals surface area contributed by atoms with E-state index in [1.807, 2.05) is 0 Å². The molecule has 0 saturated heterocycles. The largest absolute Gasteiger partial charge is 0.365 e. The summed E-state index contributed by atoms with van der Waals surface area (Å²) in [5.41, 5.74) is 0.445. The third kappa shape index (κ3) is 6.06. The fourth-order valence-electron chi connectivity index (χ4n) is 2.52. The molecule has 0 aliphatic rings. The van der Waals surface area contributed by atoms with Gasteiger partial charge in [0, 0.05) is 15.2 Å². The second-order valence-corrected chi connectivity index (χ2v) is 14.5. The first-order valence-corrected chi connectivity index (χ1v) is 12.9. The average molecular weight is 341 g/mol. The van der Waals surface area contributed by atoms with Crippen molar-refractivity contribution in [3.05, 3.63) is 42.5 Å². The average Bonchev–Trinajstić information content (AvgIpc) is 2.42. The minimum atomic E-state index is -3.43. The van der Waals surface area contributed by atoms with Gasteiger partial charge in [-0.15, -0.1) is 6.58 Å². The molecule has 1 unspecified atom stereocenters. The molecule has 0 aliphatic carbocycles. The molecule has 3 nitrogen and oxygen atoms in total. The van der Waals surface area contributed by atoms with Crippen molar-refractivity contribution in [3.63, 3.8) is 0 Å². The van der Waals surface area contributed by atoms with Crippen LogP contribution in [-0.4, -0.2) is 29.0 Å². The van der Waals surface area contributed by atoms with Crippen LogP contribution in [0, 0.1) is 0 Å². The Morgan fingerprint density at radius 3 is 2.32 bits per heavy atom. The summed E-state index contributed by atoms with van der Waals surface area (Å²) in [4.78, 5) is 0.322. The van der Waals surface area contributed by atoms with Gasteiger partial charge in [-0.3, -0.25) is 0 Å². The summed E-state index contributed by atoms with van der Waals surface area (Å²) in [7, 11) is -3.11. The molecule has 0 aromatic heterocycles. The lowest BCUT2D eigenvalue weighted by Gasteiger charge is -2.19. The van der Waals surface area contributed by atoms with Gasteiger partial charge in [-0.05, 0) is 37.4 Å². The Labute approximate surface area is 136 Å². The normalized spacial score (nSPS) is 13.8. The van der Waals surface area contributed by atoms with E-state index in [1.165, 1.54) is 12.7 Å². The summed E-state index contributed by atoms with van der Waals surface area (Å²) < 4.78 is 30.3. The van der Waals surface area contributed by atoms with Gasteiger partial charge in [-0.2, -0.15) is 0 Å². The van der Waals surface area contributed by atoms with Crippen LogP contribution < -0.4 is 0 Å². The van der Waals surface area contributed by atoms with Crippen LogP contribution in [0.4, 0.5) is 0 Å². The van der Waals surface area contributed by atoms with Gasteiger partial charge in [0.2, 0.25) is 9.84 Å². The van der Waals surface area contributed by atoms with Gasteiger partial charge in [0.1, 0.15) is 0 Å². The van der Waals surface area contributed by atoms with Gasteiger partial charge in [-0.1, -0.05) is 43.4 Å². The topological polar surface area (TPSA) is 43.4 Å². The van der Waals surface area contributed by atoms with E-state index < -0.39 is 23.3 Å². The predicted molar refractivity (Wildman–Crippen MR) is 95.6 cm³/mol. The fraction of sp³-hybridized carbons (Fsp3) is 0.529. The van der Waals surface area contributed by atoms with Crippen LogP contribution >= 0.6 is 0 Å². The van der Waals surface area contributed by atoms with Crippen molar-refractivity contribution >= 4 is 17.9 Å². The van der Waals surface area contributed by atoms with Crippen molar-refractivity contribution < 1.29 is 13.2 Å². The SMILES string of the molecule is C=C(CCCC(OC)S(=O)(=O)c1ccccc1)C[Si](C)(C)C. The lowest BCUT2D eigenvalue weighted by molar-refractivity contribution is 0.154. The maximum absolute atomic E-state index is 12.5. The van der Waals surface area contributed by atoms with Crippen molar-refractivity contribution in [1.82, 2.24) is 0 Å². The Morgan fingerprint density at radius 2 is 1.82 bits per heavy atom. The zero-order chi connectivity index (χ0) is 16.8. The van der Waals surface area contributed by atoms with E-state index in [-0.39, 0.29) is 0 Å². The summed E-state index contributed by atoms with van der Waals surface area (Å²) in [6.07, 6.45) is 2.15. The van der Waals surface area contributed by atoms with Crippen LogP contribution in [0.5, 0.6) is 0 Å². The molecule has 0 bridgehead atoms. The van der Waals surface area contributed by atoms with Gasteiger partial charge in [-0.25, -0.2) is 8.42 Å². The minimum Gasteiger partial charge on any atom is -0.365 e. The summed E-state index contributed by atoms with van der Waals surface area (Å²) in [6, 6.07) is 9.60. The van der Waals surface area contributed by atoms with E-state index in [1.54, 1.807) is 30.3 Å². The Balaban J connectivity index is 2.61. The van der Waals surface area contributed by atoms with Crippen molar-refractivity contribution in [2.24, 2.45) is 0 Å². The zero-order valence-corrected chi connectivity index (χ0v) is 15.9. The summed E-state index contributed by atoms with van der Waals surface area (Å²) in [6.45, 7) is 11.1. The highest BCUT2D eigenvalue weighted by Crippen LogP contribution is 2.23. The molecule has 1 atom stereocenters. The molecule has 0 amide bonds. The molecule has 0 N–H and O–H groups in total. The molecule has 1 rings (SSSR count). The quantitative estimate of drug-likeness (QED) is 0.491. The molecule has 0 heterocycles. The maximum Gasteiger partial charge on any atom is 0.205 e. The molecular formula is C17H28O3SSi. The third-order valence-corrected chi connectivity index (χ3v) is 7.04. The Hall–Kier alpha value is -0.913. The van der Waals surface area contributed by atoms with E-state index in [2.05, 4.69) is 26.2 Å². The van der Waals surface area contributed by atoms with Crippen molar-refractivity contribution in [2.45, 2.75) is 55.3 Å². The highest BCUT2D eigenvalue weighted by atomic mass is 32.2. The van der Waals surface area contributed by atoms with Crippen LogP contribution in [0.15, 0.2) is 47.4 Å². The molecular weight excluding hydrogens is 312 g/mol. The smallest absolute Gasteiger partial charge is 0.205 e. The third-order valence-electron chi connectivity index (χ3n) is 3.43. The first-order chi connectivity index (χ1) is 10.2. The number of hydrogen-bond acceptors (Lipinski definition) is 3. The number of methoxy groups -OCH3 is 1. The fourth-order valence-corrected chi connectivity index (χ4v) is 5.77. The first kappa shape index (κ1) is 19.1. The van der Waals surface area contributed by atoms with Crippen LogP contribution in [0.1, 0.15) is 19.3 Å². The van der Waals surface area contributed by atoms with E-state index in [0.29, 0.717) is 11.3 Å². The predicted octanol–water partition coefficient (Wildman–Crippen LogP) is 4.50. The Bertz CT molecular complexity index is 574. The highest BCUT2D eigenvalue weighted by molar-refractivity contribution is 7.91. The molecule has 1 aromatic rings. The standard InChI is InChI=1S/C17H28O3SSi/c1-15(14-22(3,4)5)10-9-13-17(20-2)21(18,19)16-11-7-6-8-12-16/h6-8,11-12,17H,1,9-10,13-14H2,2-5H3. The van der Waals surface area contributed by atoms with E-state index in [9.17, 15) is 8.42 Å². The summed E-state index contributed by atoms with van der Waals surface area (Å²) >= 11 is 0. The number of ether oxygens (including phenoxy) is 1. The van der Waals surface area contributed by atoms with Crippen LogP contribution in [0.2, 0.25) is 25.7 Å². The van der Waals surface area contributed by atoms with Gasteiger partial charge >= 0.3 is 0 Å². The molecule has 0 fully saturated rings. The Kier molecular flexibility index (Phi) is 7.03. The van der Waals surface area contributed by atoms with Crippen LogP contribution in [0.25, 0.3) is 0 Å². The van der Waals surface area contributed by atoms with Crippen LogP contribution in [-0.2, 0) is 14.6 Å². The Morgan fingerprint density at radius 1 is 1.23 bits per heavy atom. The van der Waals surface area contributed by atoms with Crippen molar-refractivity contribution in [1.29, 1.82) is 0 Å². The second-order valence-electron chi connectivity index (χ2n) is 6.90. The summed E-state index contributed by atoms with van der Waals surface area (Å²) in [5.74, 6) is 0. The number of rotatable bonds is 9. The van der Waals surface area contributed by atoms with Gasteiger partial charge in [0.25, 0.3) is 0 Å². The number of hydrogen-bond donors (Lipinski definition) is 0. The van der Waals surface area contributed by atoms with Gasteiger partial charge < -0.3 is 4.74 Å². The number of benzene rings is 1. The zero-order valence-electron chi connectivity index (χ0n) is 14.1. The van der Waals surface area contributed by atoms with Crippen LogP contribution in [0.3, 0.4) is 0 Å². The molecule has 0 spiro atoms. The van der Waals surface area contributed by atoms with Crippen molar-refractivity contribution in [3.8, 4) is 0 Å². The van der Waals surface area contributed by atoms with Gasteiger partial charge in [0.15, 0.2) is 5.44 Å². The first-order valence-electron chi connectivity index (χ1n) is 7.65. The van der Waals surface area contributed by atoms with E-state index >= 15 is 0 Å². The summed E-state index contributed by atoms with van der Waals surface area (Å²) in [5, 5.41) is 0. The highest BCUT2D eigenvalue weighted by Gasteiger charge is 2.26. The maximum atomic E-state index is 12.5. The molecule has 22 heavy (non-hydrogen) atoms. The molecule has 1 aromatic carbocycles. The molecule has 124 valence electrons. The van der Waals surface area contributed by atoms with E-state index in [0.717, 1.165) is 18.9 Å². The lowest BCUT2D eigenvalue weighted by atomic mass is 10.1. The number of sulfone groups is 1. The number of allylic oxidation sites excluding steroid dienone is 1. The molecule has 5 heteroatoms. The molecule has 0 aliphatic heterocycles. The lowest BCUT2D eigenvalue weighted by Crippen LogP contribution is -2.24. The molecule has 0 saturated carbocycles. The van der Waals surface area contributed by atoms with E-state index in [4.69, 9.17) is 4.74 Å². The molecule has 0 radical (unpaired) electrons. The monoisotopic (exact) mass is 340 g/mol. The minimum absolute atomic E-state index is 0.322. The second kappa shape index (κ2) is 8.08. The van der Waals surface area contributed by atoms with Gasteiger partial charge in [0.05, 0.1) is 4.90 Å².